The fraction of sp³-hybridized carbons (Fsp3) is 0.812. The topological polar surface area (TPSA) is 75.3 Å². The van der Waals surface area contributed by atoms with Gasteiger partial charge in [0.15, 0.2) is 11.8 Å². The van der Waals surface area contributed by atoms with E-state index in [0.29, 0.717) is 23.7 Å². The summed E-state index contributed by atoms with van der Waals surface area (Å²) in [6.45, 7) is 7.91. The molecule has 6 nitrogen and oxygen atoms in total. The first-order valence-corrected chi connectivity index (χ1v) is 8.27. The van der Waals surface area contributed by atoms with Crippen LogP contribution in [0.15, 0.2) is 9.52 Å². The Labute approximate surface area is 156 Å². The molecule has 132 valence electrons. The van der Waals surface area contributed by atoms with Gasteiger partial charge >= 0.3 is 0 Å². The Morgan fingerprint density at radius 1 is 1.30 bits per heavy atom. The van der Waals surface area contributed by atoms with Crippen LogP contribution in [0.2, 0.25) is 0 Å². The van der Waals surface area contributed by atoms with Crippen LogP contribution in [0.3, 0.4) is 0 Å². The molecule has 0 bridgehead atoms. The van der Waals surface area contributed by atoms with E-state index in [4.69, 9.17) is 4.52 Å². The summed E-state index contributed by atoms with van der Waals surface area (Å²) in [4.78, 5) is 8.47. The normalized spacial score (nSPS) is 17.2. The van der Waals surface area contributed by atoms with Gasteiger partial charge in [-0.25, -0.2) is 0 Å². The molecule has 1 aromatic rings. The van der Waals surface area contributed by atoms with Crippen molar-refractivity contribution >= 4 is 29.9 Å². The van der Waals surface area contributed by atoms with Gasteiger partial charge < -0.3 is 15.2 Å². The number of aromatic nitrogens is 2. The van der Waals surface area contributed by atoms with Gasteiger partial charge in [0.25, 0.3) is 0 Å². The maximum absolute atomic E-state index is 5.10. The lowest BCUT2D eigenvalue weighted by atomic mass is 9.78. The minimum atomic E-state index is 0. The van der Waals surface area contributed by atoms with Crippen molar-refractivity contribution in [1.29, 1.82) is 0 Å². The first-order valence-electron chi connectivity index (χ1n) is 8.27. The van der Waals surface area contributed by atoms with Crippen LogP contribution in [0.1, 0.15) is 57.7 Å². The molecule has 0 radical (unpaired) electrons. The van der Waals surface area contributed by atoms with E-state index in [0.717, 1.165) is 18.4 Å². The van der Waals surface area contributed by atoms with Gasteiger partial charge in [0.05, 0.1) is 6.54 Å². The van der Waals surface area contributed by atoms with Crippen molar-refractivity contribution in [3.05, 3.63) is 11.7 Å². The van der Waals surface area contributed by atoms with Crippen LogP contribution in [0.5, 0.6) is 0 Å². The number of hydrogen-bond donors (Lipinski definition) is 2. The highest BCUT2D eigenvalue weighted by molar-refractivity contribution is 14.0. The number of halogens is 1. The van der Waals surface area contributed by atoms with E-state index in [9.17, 15) is 0 Å². The van der Waals surface area contributed by atoms with Crippen molar-refractivity contribution in [3.8, 4) is 0 Å². The van der Waals surface area contributed by atoms with E-state index in [1.165, 1.54) is 32.1 Å². The molecule has 0 spiro atoms. The van der Waals surface area contributed by atoms with Crippen LogP contribution in [-0.2, 0) is 6.54 Å². The van der Waals surface area contributed by atoms with Crippen LogP contribution in [0.4, 0.5) is 0 Å². The Balaban J connectivity index is 0.00000264. The zero-order valence-electron chi connectivity index (χ0n) is 14.7. The molecule has 0 amide bonds. The monoisotopic (exact) mass is 435 g/mol. The molecule has 0 atom stereocenters. The first-order chi connectivity index (χ1) is 10.5. The highest BCUT2D eigenvalue weighted by atomic mass is 127. The standard InChI is InChI=1S/C16H29N5O.HI/c1-12(2)9-16(7-5-6-8-16)11-19-15(17-4)18-10-14-20-13(3)21-22-14;/h12H,5-11H2,1-4H3,(H2,17,18,19);1H. The fourth-order valence-electron chi connectivity index (χ4n) is 3.51. The van der Waals surface area contributed by atoms with Gasteiger partial charge in [0, 0.05) is 13.6 Å². The average Bonchev–Trinajstić information content (AvgIpc) is 3.08. The molecule has 0 aromatic carbocycles. The van der Waals surface area contributed by atoms with E-state index in [1.54, 1.807) is 7.05 Å². The number of nitrogens with zero attached hydrogens (tertiary/aromatic N) is 3. The van der Waals surface area contributed by atoms with E-state index in [-0.39, 0.29) is 24.0 Å². The molecule has 0 unspecified atom stereocenters. The molecule has 1 saturated carbocycles. The number of aliphatic imine (C=N–C) groups is 1. The molecule has 2 N–H and O–H groups in total. The molecule has 1 fully saturated rings. The maximum atomic E-state index is 5.10. The van der Waals surface area contributed by atoms with E-state index in [2.05, 4.69) is 39.6 Å². The Bertz CT molecular complexity index is 494. The third kappa shape index (κ3) is 6.27. The Morgan fingerprint density at radius 2 is 2.00 bits per heavy atom. The number of aryl methyl sites for hydroxylation is 1. The summed E-state index contributed by atoms with van der Waals surface area (Å²) in [6, 6.07) is 0. The fourth-order valence-corrected chi connectivity index (χ4v) is 3.51. The third-order valence-electron chi connectivity index (χ3n) is 4.34. The second kappa shape index (κ2) is 9.44. The van der Waals surface area contributed by atoms with Gasteiger partial charge in [0.2, 0.25) is 5.89 Å². The molecule has 1 aliphatic rings. The predicted molar refractivity (Wildman–Crippen MR) is 103 cm³/mol. The van der Waals surface area contributed by atoms with Gasteiger partial charge in [-0.15, -0.1) is 24.0 Å². The smallest absolute Gasteiger partial charge is 0.246 e. The van der Waals surface area contributed by atoms with Gasteiger partial charge in [-0.3, -0.25) is 4.99 Å². The minimum absolute atomic E-state index is 0. The van der Waals surface area contributed by atoms with Gasteiger partial charge in [0.1, 0.15) is 0 Å². The molecular formula is C16H30IN5O. The SMILES string of the molecule is CN=C(NCc1nc(C)no1)NCC1(CC(C)C)CCCC1.I. The van der Waals surface area contributed by atoms with E-state index >= 15 is 0 Å². The Morgan fingerprint density at radius 3 is 2.52 bits per heavy atom. The highest BCUT2D eigenvalue weighted by Gasteiger charge is 2.34. The summed E-state index contributed by atoms with van der Waals surface area (Å²) in [7, 11) is 1.79. The van der Waals surface area contributed by atoms with E-state index in [1.807, 2.05) is 6.92 Å². The second-order valence-electron chi connectivity index (χ2n) is 6.82. The zero-order chi connectivity index (χ0) is 16.0. The van der Waals surface area contributed by atoms with Crippen molar-refractivity contribution in [2.45, 2.75) is 59.4 Å². The number of nitrogens with one attached hydrogen (secondary N) is 2. The van der Waals surface area contributed by atoms with Gasteiger partial charge in [-0.05, 0) is 37.5 Å². The van der Waals surface area contributed by atoms with Crippen LogP contribution in [0.25, 0.3) is 0 Å². The second-order valence-corrected chi connectivity index (χ2v) is 6.82. The van der Waals surface area contributed by atoms with Crippen molar-refractivity contribution < 1.29 is 4.52 Å². The van der Waals surface area contributed by atoms with Crippen molar-refractivity contribution in [2.75, 3.05) is 13.6 Å². The number of guanidine groups is 1. The average molecular weight is 435 g/mol. The number of rotatable bonds is 6. The summed E-state index contributed by atoms with van der Waals surface area (Å²) in [5.41, 5.74) is 0.423. The quantitative estimate of drug-likeness (QED) is 0.408. The predicted octanol–water partition coefficient (Wildman–Crippen LogP) is 3.27. The third-order valence-corrected chi connectivity index (χ3v) is 4.34. The van der Waals surface area contributed by atoms with Crippen LogP contribution in [0, 0.1) is 18.3 Å². The lowest BCUT2D eigenvalue weighted by molar-refractivity contribution is 0.234. The zero-order valence-corrected chi connectivity index (χ0v) is 17.0. The molecule has 2 rings (SSSR count). The molecule has 7 heteroatoms. The van der Waals surface area contributed by atoms with Crippen LogP contribution < -0.4 is 10.6 Å². The van der Waals surface area contributed by atoms with Crippen molar-refractivity contribution in [1.82, 2.24) is 20.8 Å². The molecule has 23 heavy (non-hydrogen) atoms. The molecule has 1 aliphatic carbocycles. The molecular weight excluding hydrogens is 405 g/mol. The first kappa shape index (κ1) is 20.2. The van der Waals surface area contributed by atoms with Crippen LogP contribution in [-0.4, -0.2) is 29.7 Å². The highest BCUT2D eigenvalue weighted by Crippen LogP contribution is 2.42. The summed E-state index contributed by atoms with van der Waals surface area (Å²) in [5.74, 6) is 2.77. The number of hydrogen-bond acceptors (Lipinski definition) is 4. The summed E-state index contributed by atoms with van der Waals surface area (Å²) < 4.78 is 5.10. The van der Waals surface area contributed by atoms with Crippen molar-refractivity contribution in [3.63, 3.8) is 0 Å². The van der Waals surface area contributed by atoms with Crippen LogP contribution >= 0.6 is 24.0 Å². The van der Waals surface area contributed by atoms with E-state index < -0.39 is 0 Å². The largest absolute Gasteiger partial charge is 0.356 e. The Hall–Kier alpha value is -0.860. The van der Waals surface area contributed by atoms with Gasteiger partial charge in [-0.2, -0.15) is 4.98 Å². The molecule has 1 aromatic heterocycles. The molecule has 0 saturated heterocycles. The van der Waals surface area contributed by atoms with Crippen molar-refractivity contribution in [2.24, 2.45) is 16.3 Å². The minimum Gasteiger partial charge on any atom is -0.356 e. The molecule has 0 aliphatic heterocycles. The summed E-state index contributed by atoms with van der Waals surface area (Å²) >= 11 is 0. The summed E-state index contributed by atoms with van der Waals surface area (Å²) in [6.07, 6.45) is 6.61. The summed E-state index contributed by atoms with van der Waals surface area (Å²) in [5, 5.41) is 10.5. The van der Waals surface area contributed by atoms with Gasteiger partial charge in [-0.1, -0.05) is 31.8 Å². The Kier molecular flexibility index (Phi) is 8.28. The lowest BCUT2D eigenvalue weighted by Crippen LogP contribution is -2.43. The lowest BCUT2D eigenvalue weighted by Gasteiger charge is -2.31. The maximum Gasteiger partial charge on any atom is 0.246 e. The molecule has 1 heterocycles.